The van der Waals surface area contributed by atoms with E-state index in [0.29, 0.717) is 25.4 Å². The fourth-order valence-corrected chi connectivity index (χ4v) is 3.37. The van der Waals surface area contributed by atoms with E-state index in [0.717, 1.165) is 18.7 Å². The zero-order valence-electron chi connectivity index (χ0n) is 12.6. The molecule has 0 aromatic carbocycles. The van der Waals surface area contributed by atoms with Crippen molar-refractivity contribution in [3.05, 3.63) is 36.5 Å². The molecule has 0 bridgehead atoms. The molecule has 2 aliphatic heterocycles. The molecule has 2 N–H and O–H groups in total. The fraction of sp³-hybridized carbons (Fsp3) is 0.467. The highest BCUT2D eigenvalue weighted by Gasteiger charge is 2.47. The number of nitrogens with one attached hydrogen (secondary N) is 2. The van der Waals surface area contributed by atoms with Crippen LogP contribution in [0.4, 0.5) is 5.82 Å². The maximum atomic E-state index is 12.4. The van der Waals surface area contributed by atoms with Crippen molar-refractivity contribution in [2.45, 2.75) is 24.5 Å². The Morgan fingerprint density at radius 3 is 3.17 bits per heavy atom. The van der Waals surface area contributed by atoms with E-state index in [4.69, 9.17) is 4.74 Å². The van der Waals surface area contributed by atoms with E-state index in [9.17, 15) is 4.79 Å². The SMILES string of the molecule is O=C(c1ccn[nH]1)N1CC[C@]2(C[C@@H](Nc3cnccn3)CO2)C1. The van der Waals surface area contributed by atoms with Crippen LogP contribution in [0.2, 0.25) is 0 Å². The second-order valence-corrected chi connectivity index (χ2v) is 6.08. The summed E-state index contributed by atoms with van der Waals surface area (Å²) in [6.07, 6.45) is 8.31. The van der Waals surface area contributed by atoms with Crippen LogP contribution >= 0.6 is 0 Å². The lowest BCUT2D eigenvalue weighted by molar-refractivity contribution is 0.0124. The third-order valence-corrected chi connectivity index (χ3v) is 4.46. The minimum absolute atomic E-state index is 0.0201. The molecule has 4 heterocycles. The van der Waals surface area contributed by atoms with Gasteiger partial charge in [0.05, 0.1) is 31.0 Å². The summed E-state index contributed by atoms with van der Waals surface area (Å²) in [6, 6.07) is 1.88. The first-order chi connectivity index (χ1) is 11.2. The molecule has 2 atom stereocenters. The van der Waals surface area contributed by atoms with Gasteiger partial charge in [0, 0.05) is 31.6 Å². The van der Waals surface area contributed by atoms with Crippen molar-refractivity contribution in [2.75, 3.05) is 25.0 Å². The molecule has 8 heteroatoms. The summed E-state index contributed by atoms with van der Waals surface area (Å²) in [6.45, 7) is 1.93. The second kappa shape index (κ2) is 5.62. The Morgan fingerprint density at radius 1 is 1.43 bits per heavy atom. The van der Waals surface area contributed by atoms with Gasteiger partial charge in [0.25, 0.3) is 5.91 Å². The van der Waals surface area contributed by atoms with E-state index >= 15 is 0 Å². The van der Waals surface area contributed by atoms with Gasteiger partial charge in [0.1, 0.15) is 11.5 Å². The Morgan fingerprint density at radius 2 is 2.39 bits per heavy atom. The molecule has 0 unspecified atom stereocenters. The van der Waals surface area contributed by atoms with Crippen LogP contribution in [0.5, 0.6) is 0 Å². The van der Waals surface area contributed by atoms with Crippen LogP contribution in [0.3, 0.4) is 0 Å². The third kappa shape index (κ3) is 2.77. The van der Waals surface area contributed by atoms with Gasteiger partial charge in [0.2, 0.25) is 0 Å². The maximum Gasteiger partial charge on any atom is 0.271 e. The number of rotatable bonds is 3. The molecule has 0 saturated carbocycles. The van der Waals surface area contributed by atoms with Crippen molar-refractivity contribution in [2.24, 2.45) is 0 Å². The van der Waals surface area contributed by atoms with Crippen LogP contribution in [-0.4, -0.2) is 62.3 Å². The lowest BCUT2D eigenvalue weighted by Crippen LogP contribution is -2.36. The fourth-order valence-electron chi connectivity index (χ4n) is 3.37. The highest BCUT2D eigenvalue weighted by molar-refractivity contribution is 5.92. The van der Waals surface area contributed by atoms with E-state index in [2.05, 4.69) is 25.5 Å². The van der Waals surface area contributed by atoms with Gasteiger partial charge in [0.15, 0.2) is 0 Å². The summed E-state index contributed by atoms with van der Waals surface area (Å²) in [5.74, 6) is 0.731. The van der Waals surface area contributed by atoms with Crippen LogP contribution in [-0.2, 0) is 4.74 Å². The van der Waals surface area contributed by atoms with Crippen molar-refractivity contribution < 1.29 is 9.53 Å². The highest BCUT2D eigenvalue weighted by Crippen LogP contribution is 2.36. The van der Waals surface area contributed by atoms with Gasteiger partial charge >= 0.3 is 0 Å². The molecule has 2 aromatic heterocycles. The zero-order chi connectivity index (χ0) is 15.7. The molecule has 23 heavy (non-hydrogen) atoms. The Bertz CT molecular complexity index is 677. The molecule has 2 aromatic rings. The minimum atomic E-state index is -0.254. The van der Waals surface area contributed by atoms with E-state index in [1.807, 2.05) is 4.90 Å². The number of hydrogen-bond donors (Lipinski definition) is 2. The number of likely N-dealkylation sites (tertiary alicyclic amines) is 1. The lowest BCUT2D eigenvalue weighted by Gasteiger charge is -2.23. The maximum absolute atomic E-state index is 12.4. The average Bonchev–Trinajstić information content (AvgIpc) is 3.31. The van der Waals surface area contributed by atoms with E-state index in [-0.39, 0.29) is 17.6 Å². The predicted octanol–water partition coefficient (Wildman–Crippen LogP) is 0.685. The monoisotopic (exact) mass is 314 g/mol. The van der Waals surface area contributed by atoms with Gasteiger partial charge < -0.3 is 15.0 Å². The van der Waals surface area contributed by atoms with Crippen LogP contribution in [0, 0.1) is 0 Å². The van der Waals surface area contributed by atoms with Crippen molar-refractivity contribution in [3.8, 4) is 0 Å². The van der Waals surface area contributed by atoms with Gasteiger partial charge in [-0.05, 0) is 12.5 Å². The number of carbonyl (C=O) groups excluding carboxylic acids is 1. The predicted molar refractivity (Wildman–Crippen MR) is 81.9 cm³/mol. The Labute approximate surface area is 133 Å². The standard InChI is InChI=1S/C15H18N6O2/c22-14(12-1-3-18-20-12)21-6-2-15(10-21)7-11(9-23-15)19-13-8-16-4-5-17-13/h1,3-5,8,11H,2,6-7,9-10H2,(H,17,19)(H,18,20)/t11-,15+/m1/s1. The molecule has 1 amide bonds. The highest BCUT2D eigenvalue weighted by atomic mass is 16.5. The van der Waals surface area contributed by atoms with Gasteiger partial charge in [-0.2, -0.15) is 5.10 Å². The minimum Gasteiger partial charge on any atom is -0.371 e. The van der Waals surface area contributed by atoms with Crippen LogP contribution in [0.1, 0.15) is 23.3 Å². The van der Waals surface area contributed by atoms with Crippen molar-refractivity contribution in [1.82, 2.24) is 25.1 Å². The number of H-pyrrole nitrogens is 1. The third-order valence-electron chi connectivity index (χ3n) is 4.46. The topological polar surface area (TPSA) is 96.0 Å². The number of ether oxygens (including phenoxy) is 1. The van der Waals surface area contributed by atoms with Gasteiger partial charge in [-0.15, -0.1) is 0 Å². The van der Waals surface area contributed by atoms with Gasteiger partial charge in [-0.1, -0.05) is 0 Å². The molecule has 2 saturated heterocycles. The quantitative estimate of drug-likeness (QED) is 0.865. The van der Waals surface area contributed by atoms with Crippen LogP contribution in [0.25, 0.3) is 0 Å². The molecule has 2 aliphatic rings. The average molecular weight is 314 g/mol. The first kappa shape index (κ1) is 14.1. The molecule has 8 nitrogen and oxygen atoms in total. The number of nitrogens with zero attached hydrogens (tertiary/aromatic N) is 4. The number of aromatic amines is 1. The first-order valence-corrected chi connectivity index (χ1v) is 7.69. The van der Waals surface area contributed by atoms with Crippen molar-refractivity contribution in [3.63, 3.8) is 0 Å². The summed E-state index contributed by atoms with van der Waals surface area (Å²) in [4.78, 5) is 22.5. The smallest absolute Gasteiger partial charge is 0.271 e. The Hall–Kier alpha value is -2.48. The molecule has 1 spiro atoms. The number of aromatic nitrogens is 4. The number of hydrogen-bond acceptors (Lipinski definition) is 6. The van der Waals surface area contributed by atoms with E-state index in [1.54, 1.807) is 30.9 Å². The number of anilines is 1. The van der Waals surface area contributed by atoms with Gasteiger partial charge in [-0.3, -0.25) is 14.9 Å². The summed E-state index contributed by atoms with van der Waals surface area (Å²) < 4.78 is 6.05. The van der Waals surface area contributed by atoms with Crippen molar-refractivity contribution in [1.29, 1.82) is 0 Å². The summed E-state index contributed by atoms with van der Waals surface area (Å²) in [5.41, 5.74) is 0.268. The largest absolute Gasteiger partial charge is 0.371 e. The molecule has 0 aliphatic carbocycles. The van der Waals surface area contributed by atoms with Crippen LogP contribution < -0.4 is 5.32 Å². The summed E-state index contributed by atoms with van der Waals surface area (Å²) in [7, 11) is 0. The Kier molecular flexibility index (Phi) is 3.45. The molecule has 4 rings (SSSR count). The Balaban J connectivity index is 1.38. The second-order valence-electron chi connectivity index (χ2n) is 6.08. The van der Waals surface area contributed by atoms with Crippen LogP contribution in [0.15, 0.2) is 30.9 Å². The molecule has 120 valence electrons. The molecular formula is C15H18N6O2. The lowest BCUT2D eigenvalue weighted by atomic mass is 9.97. The molecule has 2 fully saturated rings. The number of carbonyl (C=O) groups is 1. The van der Waals surface area contributed by atoms with E-state index in [1.165, 1.54) is 0 Å². The first-order valence-electron chi connectivity index (χ1n) is 7.69. The summed E-state index contributed by atoms with van der Waals surface area (Å²) in [5, 5.41) is 9.91. The molecular weight excluding hydrogens is 296 g/mol. The zero-order valence-corrected chi connectivity index (χ0v) is 12.6. The number of amides is 1. The molecule has 0 radical (unpaired) electrons. The van der Waals surface area contributed by atoms with Crippen molar-refractivity contribution >= 4 is 11.7 Å². The summed E-state index contributed by atoms with van der Waals surface area (Å²) >= 11 is 0. The van der Waals surface area contributed by atoms with Gasteiger partial charge in [-0.25, -0.2) is 4.98 Å². The van der Waals surface area contributed by atoms with E-state index < -0.39 is 0 Å². The normalized spacial score (nSPS) is 26.8.